The van der Waals surface area contributed by atoms with Crippen LogP contribution in [0.4, 0.5) is 13.2 Å². The highest BCUT2D eigenvalue weighted by atomic mass is 35.5. The standard InChI is InChI=1S/C18H14ClF3N2O3S/c1-2-28(26,27)16-6-4-13(19)7-11(16)9-24-10-23-15-5-3-12(18(20,21)22)8-14(15)17(24)25/h3-8,10H,2,9H2,1H3. The van der Waals surface area contributed by atoms with Crippen LogP contribution in [0.1, 0.15) is 18.1 Å². The first kappa shape index (κ1) is 20.3. The molecule has 28 heavy (non-hydrogen) atoms. The minimum absolute atomic E-state index is 0.00967. The fourth-order valence-electron chi connectivity index (χ4n) is 2.76. The second kappa shape index (κ2) is 7.21. The molecule has 2 aromatic carbocycles. The van der Waals surface area contributed by atoms with Crippen LogP contribution in [0.5, 0.6) is 0 Å². The maximum Gasteiger partial charge on any atom is 0.416 e. The van der Waals surface area contributed by atoms with Crippen LogP contribution in [0.2, 0.25) is 5.02 Å². The zero-order valence-corrected chi connectivity index (χ0v) is 16.1. The van der Waals surface area contributed by atoms with Gasteiger partial charge in [-0.05, 0) is 42.0 Å². The number of halogens is 4. The van der Waals surface area contributed by atoms with Gasteiger partial charge in [-0.15, -0.1) is 0 Å². The maximum atomic E-state index is 13.0. The van der Waals surface area contributed by atoms with E-state index in [2.05, 4.69) is 4.98 Å². The van der Waals surface area contributed by atoms with Crippen molar-refractivity contribution >= 4 is 32.3 Å². The van der Waals surface area contributed by atoms with E-state index in [0.717, 1.165) is 22.8 Å². The van der Waals surface area contributed by atoms with Crippen LogP contribution >= 0.6 is 11.6 Å². The van der Waals surface area contributed by atoms with Gasteiger partial charge in [0.2, 0.25) is 0 Å². The van der Waals surface area contributed by atoms with Crippen molar-refractivity contribution in [3.63, 3.8) is 0 Å². The monoisotopic (exact) mass is 430 g/mol. The highest BCUT2D eigenvalue weighted by molar-refractivity contribution is 7.91. The van der Waals surface area contributed by atoms with Crippen LogP contribution in [-0.2, 0) is 22.6 Å². The Hall–Kier alpha value is -2.39. The van der Waals surface area contributed by atoms with E-state index in [1.807, 2.05) is 0 Å². The second-order valence-corrected chi connectivity index (χ2v) is 8.75. The van der Waals surface area contributed by atoms with Crippen LogP contribution in [0, 0.1) is 0 Å². The van der Waals surface area contributed by atoms with Crippen LogP contribution in [0.3, 0.4) is 0 Å². The van der Waals surface area contributed by atoms with Gasteiger partial charge >= 0.3 is 6.18 Å². The fourth-order valence-corrected chi connectivity index (χ4v) is 4.07. The highest BCUT2D eigenvalue weighted by Gasteiger charge is 2.31. The number of fused-ring (bicyclic) bond motifs is 1. The van der Waals surface area contributed by atoms with Crippen molar-refractivity contribution in [3.8, 4) is 0 Å². The molecular formula is C18H14ClF3N2O3S. The van der Waals surface area contributed by atoms with Gasteiger partial charge in [0.25, 0.3) is 5.56 Å². The van der Waals surface area contributed by atoms with Crippen molar-refractivity contribution < 1.29 is 21.6 Å². The molecule has 0 N–H and O–H groups in total. The summed E-state index contributed by atoms with van der Waals surface area (Å²) in [6, 6.07) is 6.89. The van der Waals surface area contributed by atoms with Gasteiger partial charge in [-0.3, -0.25) is 9.36 Å². The molecule has 0 unspecified atom stereocenters. The van der Waals surface area contributed by atoms with Crippen molar-refractivity contribution in [3.05, 3.63) is 69.2 Å². The highest BCUT2D eigenvalue weighted by Crippen LogP contribution is 2.30. The Morgan fingerprint density at radius 1 is 1.14 bits per heavy atom. The molecule has 0 amide bonds. The maximum absolute atomic E-state index is 13.0. The zero-order chi connectivity index (χ0) is 20.7. The van der Waals surface area contributed by atoms with E-state index in [9.17, 15) is 26.4 Å². The molecule has 3 rings (SSSR count). The van der Waals surface area contributed by atoms with E-state index in [4.69, 9.17) is 11.6 Å². The largest absolute Gasteiger partial charge is 0.416 e. The third-order valence-electron chi connectivity index (χ3n) is 4.23. The molecule has 0 atom stereocenters. The first-order valence-corrected chi connectivity index (χ1v) is 10.1. The molecule has 0 aliphatic heterocycles. The first-order chi connectivity index (χ1) is 13.0. The summed E-state index contributed by atoms with van der Waals surface area (Å²) in [5.41, 5.74) is -1.31. The summed E-state index contributed by atoms with van der Waals surface area (Å²) in [4.78, 5) is 16.7. The molecule has 10 heteroatoms. The average Bonchev–Trinajstić information content (AvgIpc) is 2.63. The summed E-state index contributed by atoms with van der Waals surface area (Å²) in [6.45, 7) is 1.28. The number of sulfone groups is 1. The fraction of sp³-hybridized carbons (Fsp3) is 0.222. The lowest BCUT2D eigenvalue weighted by molar-refractivity contribution is -0.137. The molecule has 0 spiro atoms. The molecule has 0 saturated carbocycles. The topological polar surface area (TPSA) is 69.0 Å². The normalized spacial score (nSPS) is 12.5. The number of hydrogen-bond donors (Lipinski definition) is 0. The third-order valence-corrected chi connectivity index (χ3v) is 6.29. The molecule has 1 heterocycles. The molecule has 0 aliphatic carbocycles. The predicted molar refractivity (Wildman–Crippen MR) is 99.3 cm³/mol. The van der Waals surface area contributed by atoms with Crippen LogP contribution in [-0.4, -0.2) is 23.7 Å². The smallest absolute Gasteiger partial charge is 0.294 e. The Bertz CT molecular complexity index is 1220. The molecule has 0 radical (unpaired) electrons. The van der Waals surface area contributed by atoms with Gasteiger partial charge in [0.05, 0.1) is 40.0 Å². The van der Waals surface area contributed by atoms with Crippen molar-refractivity contribution in [1.82, 2.24) is 9.55 Å². The number of benzene rings is 2. The van der Waals surface area contributed by atoms with Crippen molar-refractivity contribution in [2.75, 3.05) is 5.75 Å². The van der Waals surface area contributed by atoms with Gasteiger partial charge in [-0.25, -0.2) is 13.4 Å². The molecule has 0 bridgehead atoms. The van der Waals surface area contributed by atoms with E-state index in [1.54, 1.807) is 0 Å². The number of rotatable bonds is 4. The Kier molecular flexibility index (Phi) is 5.24. The Morgan fingerprint density at radius 2 is 1.86 bits per heavy atom. The number of alkyl halides is 3. The average molecular weight is 431 g/mol. The summed E-state index contributed by atoms with van der Waals surface area (Å²) in [7, 11) is -3.59. The summed E-state index contributed by atoms with van der Waals surface area (Å²) in [6.07, 6.45) is -3.43. The van der Waals surface area contributed by atoms with E-state index >= 15 is 0 Å². The minimum atomic E-state index is -4.60. The number of nitrogens with zero attached hydrogens (tertiary/aromatic N) is 2. The summed E-state index contributed by atoms with van der Waals surface area (Å²) < 4.78 is 64.5. The van der Waals surface area contributed by atoms with Crippen molar-refractivity contribution in [2.45, 2.75) is 24.5 Å². The molecule has 1 aromatic heterocycles. The first-order valence-electron chi connectivity index (χ1n) is 8.10. The zero-order valence-electron chi connectivity index (χ0n) is 14.5. The Balaban J connectivity index is 2.15. The summed E-state index contributed by atoms with van der Waals surface area (Å²) >= 11 is 5.96. The molecular weight excluding hydrogens is 417 g/mol. The third kappa shape index (κ3) is 3.90. The molecule has 0 aliphatic rings. The summed E-state index contributed by atoms with van der Waals surface area (Å²) in [5, 5.41) is 0.0606. The molecule has 5 nitrogen and oxygen atoms in total. The quantitative estimate of drug-likeness (QED) is 0.629. The van der Waals surface area contributed by atoms with Gasteiger partial charge in [-0.1, -0.05) is 18.5 Å². The van der Waals surface area contributed by atoms with E-state index in [-0.39, 0.29) is 38.7 Å². The van der Waals surface area contributed by atoms with Gasteiger partial charge in [0, 0.05) is 5.02 Å². The Labute approximate surface area is 163 Å². The van der Waals surface area contributed by atoms with Crippen LogP contribution in [0.15, 0.2) is 52.4 Å². The SMILES string of the molecule is CCS(=O)(=O)c1ccc(Cl)cc1Cn1cnc2ccc(C(F)(F)F)cc2c1=O. The summed E-state index contributed by atoms with van der Waals surface area (Å²) in [5.74, 6) is -0.151. The van der Waals surface area contributed by atoms with E-state index in [0.29, 0.717) is 0 Å². The molecule has 0 saturated heterocycles. The van der Waals surface area contributed by atoms with Gasteiger partial charge < -0.3 is 0 Å². The van der Waals surface area contributed by atoms with E-state index in [1.165, 1.54) is 31.5 Å². The lowest BCUT2D eigenvalue weighted by Crippen LogP contribution is -2.23. The molecule has 3 aromatic rings. The minimum Gasteiger partial charge on any atom is -0.294 e. The lowest BCUT2D eigenvalue weighted by Gasteiger charge is -2.13. The van der Waals surface area contributed by atoms with Crippen molar-refractivity contribution in [1.29, 1.82) is 0 Å². The van der Waals surface area contributed by atoms with Crippen molar-refractivity contribution in [2.24, 2.45) is 0 Å². The predicted octanol–water partition coefficient (Wildman–Crippen LogP) is 3.91. The molecule has 0 fully saturated rings. The van der Waals surface area contributed by atoms with Gasteiger partial charge in [-0.2, -0.15) is 13.2 Å². The van der Waals surface area contributed by atoms with Crippen LogP contribution < -0.4 is 5.56 Å². The number of hydrogen-bond acceptors (Lipinski definition) is 4. The second-order valence-electron chi connectivity index (χ2n) is 6.06. The number of aromatic nitrogens is 2. The van der Waals surface area contributed by atoms with Gasteiger partial charge in [0.15, 0.2) is 9.84 Å². The van der Waals surface area contributed by atoms with Gasteiger partial charge in [0.1, 0.15) is 0 Å². The lowest BCUT2D eigenvalue weighted by atomic mass is 10.1. The van der Waals surface area contributed by atoms with E-state index < -0.39 is 27.1 Å². The Morgan fingerprint density at radius 3 is 2.50 bits per heavy atom. The molecule has 148 valence electrons. The van der Waals surface area contributed by atoms with Crippen LogP contribution in [0.25, 0.3) is 10.9 Å².